The Labute approximate surface area is 114 Å². The van der Waals surface area contributed by atoms with E-state index >= 15 is 0 Å². The number of nitrogens with zero attached hydrogens (tertiary/aromatic N) is 2. The van der Waals surface area contributed by atoms with Gasteiger partial charge >= 0.3 is 0 Å². The summed E-state index contributed by atoms with van der Waals surface area (Å²) in [7, 11) is 3.64. The van der Waals surface area contributed by atoms with Gasteiger partial charge in [0.25, 0.3) is 0 Å². The Bertz CT molecular complexity index is 706. The Morgan fingerprint density at radius 1 is 0.947 bits per heavy atom. The molecule has 0 saturated heterocycles. The lowest BCUT2D eigenvalue weighted by atomic mass is 10.1. The zero-order valence-corrected chi connectivity index (χ0v) is 12.4. The second-order valence-corrected chi connectivity index (χ2v) is 6.99. The topological polar surface area (TPSA) is 40.6 Å². The van der Waals surface area contributed by atoms with Gasteiger partial charge in [0.1, 0.15) is 0 Å². The van der Waals surface area contributed by atoms with E-state index in [4.69, 9.17) is 0 Å². The van der Waals surface area contributed by atoms with Gasteiger partial charge in [0.15, 0.2) is 0 Å². The first-order valence-electron chi connectivity index (χ1n) is 5.96. The van der Waals surface area contributed by atoms with Crippen LogP contribution in [0.4, 0.5) is 5.69 Å². The standard InChI is InChI=1S/C14H18N2O2S/c1-15(2)14-7-5-6-11-10-12(8-9-13(11)14)19(17,18)16(3)4/h5-10H,1-4H3. The van der Waals surface area contributed by atoms with Gasteiger partial charge in [-0.25, -0.2) is 12.7 Å². The quantitative estimate of drug-likeness (QED) is 0.864. The highest BCUT2D eigenvalue weighted by Crippen LogP contribution is 2.28. The van der Waals surface area contributed by atoms with Gasteiger partial charge in [-0.2, -0.15) is 0 Å². The summed E-state index contributed by atoms with van der Waals surface area (Å²) in [4.78, 5) is 2.34. The Morgan fingerprint density at radius 2 is 1.63 bits per heavy atom. The average molecular weight is 278 g/mol. The molecular weight excluding hydrogens is 260 g/mol. The van der Waals surface area contributed by atoms with Gasteiger partial charge in [-0.1, -0.05) is 18.2 Å². The number of rotatable bonds is 3. The fourth-order valence-electron chi connectivity index (χ4n) is 2.01. The molecule has 0 fully saturated rings. The zero-order chi connectivity index (χ0) is 14.2. The van der Waals surface area contributed by atoms with Crippen molar-refractivity contribution in [2.75, 3.05) is 33.1 Å². The summed E-state index contributed by atoms with van der Waals surface area (Å²) in [6.07, 6.45) is 0. The largest absolute Gasteiger partial charge is 0.377 e. The van der Waals surface area contributed by atoms with E-state index in [0.717, 1.165) is 16.5 Å². The summed E-state index contributed by atoms with van der Waals surface area (Å²) >= 11 is 0. The predicted molar refractivity (Wildman–Crippen MR) is 79.1 cm³/mol. The highest BCUT2D eigenvalue weighted by atomic mass is 32.2. The van der Waals surface area contributed by atoms with Crippen LogP contribution in [0.1, 0.15) is 0 Å². The molecule has 0 aliphatic carbocycles. The molecule has 4 nitrogen and oxygen atoms in total. The second-order valence-electron chi connectivity index (χ2n) is 4.84. The van der Waals surface area contributed by atoms with Crippen molar-refractivity contribution in [2.24, 2.45) is 0 Å². The Hall–Kier alpha value is -1.59. The molecule has 0 unspecified atom stereocenters. The number of hydrogen-bond donors (Lipinski definition) is 0. The maximum absolute atomic E-state index is 12.1. The summed E-state index contributed by atoms with van der Waals surface area (Å²) in [6, 6.07) is 11.1. The normalized spacial score (nSPS) is 12.1. The number of fused-ring (bicyclic) bond motifs is 1. The molecule has 102 valence electrons. The number of benzene rings is 2. The van der Waals surface area contributed by atoms with Crippen molar-refractivity contribution in [3.8, 4) is 0 Å². The minimum atomic E-state index is -3.38. The van der Waals surface area contributed by atoms with Gasteiger partial charge in [-0.3, -0.25) is 0 Å². The molecule has 0 amide bonds. The van der Waals surface area contributed by atoms with Gasteiger partial charge in [0.2, 0.25) is 10.0 Å². The first-order valence-corrected chi connectivity index (χ1v) is 7.40. The van der Waals surface area contributed by atoms with E-state index in [9.17, 15) is 8.42 Å². The molecule has 0 N–H and O–H groups in total. The van der Waals surface area contributed by atoms with Gasteiger partial charge in [0.05, 0.1) is 4.90 Å². The van der Waals surface area contributed by atoms with Crippen LogP contribution in [0, 0.1) is 0 Å². The third-order valence-corrected chi connectivity index (χ3v) is 4.90. The van der Waals surface area contributed by atoms with Gasteiger partial charge in [-0.05, 0) is 23.6 Å². The molecule has 0 saturated carbocycles. The molecular formula is C14H18N2O2S. The van der Waals surface area contributed by atoms with Crippen molar-refractivity contribution < 1.29 is 8.42 Å². The third kappa shape index (κ3) is 2.43. The number of hydrogen-bond acceptors (Lipinski definition) is 3. The number of anilines is 1. The Morgan fingerprint density at radius 3 is 2.21 bits per heavy atom. The number of sulfonamides is 1. The minimum absolute atomic E-state index is 0.320. The molecule has 0 radical (unpaired) electrons. The smallest absolute Gasteiger partial charge is 0.242 e. The van der Waals surface area contributed by atoms with E-state index in [2.05, 4.69) is 0 Å². The lowest BCUT2D eigenvalue weighted by Crippen LogP contribution is -2.22. The second kappa shape index (κ2) is 4.83. The lowest BCUT2D eigenvalue weighted by molar-refractivity contribution is 0.521. The summed E-state index contributed by atoms with van der Waals surface area (Å²) in [6.45, 7) is 0. The summed E-state index contributed by atoms with van der Waals surface area (Å²) in [5.41, 5.74) is 1.08. The molecule has 0 spiro atoms. The van der Waals surface area contributed by atoms with E-state index in [1.54, 1.807) is 12.1 Å². The summed E-state index contributed by atoms with van der Waals surface area (Å²) < 4.78 is 25.4. The van der Waals surface area contributed by atoms with Gasteiger partial charge in [0, 0.05) is 39.3 Å². The minimum Gasteiger partial charge on any atom is -0.377 e. The summed E-state index contributed by atoms with van der Waals surface area (Å²) in [5, 5.41) is 1.97. The van der Waals surface area contributed by atoms with Gasteiger partial charge < -0.3 is 4.90 Å². The van der Waals surface area contributed by atoms with Crippen molar-refractivity contribution in [3.63, 3.8) is 0 Å². The van der Waals surface area contributed by atoms with Crippen molar-refractivity contribution in [1.29, 1.82) is 0 Å². The van der Waals surface area contributed by atoms with Crippen LogP contribution in [0.25, 0.3) is 10.8 Å². The molecule has 0 aliphatic heterocycles. The fraction of sp³-hybridized carbons (Fsp3) is 0.286. The van der Waals surface area contributed by atoms with E-state index in [1.165, 1.54) is 18.4 Å². The van der Waals surface area contributed by atoms with Crippen LogP contribution in [0.2, 0.25) is 0 Å². The Kier molecular flexibility index (Phi) is 3.52. The van der Waals surface area contributed by atoms with Crippen molar-refractivity contribution >= 4 is 26.5 Å². The highest BCUT2D eigenvalue weighted by Gasteiger charge is 2.17. The van der Waals surface area contributed by atoms with Crippen LogP contribution < -0.4 is 4.90 Å². The lowest BCUT2D eigenvalue weighted by Gasteiger charge is -2.16. The molecule has 0 bridgehead atoms. The maximum Gasteiger partial charge on any atom is 0.242 e. The SMILES string of the molecule is CN(C)c1cccc2cc(S(=O)(=O)N(C)C)ccc12. The maximum atomic E-state index is 12.1. The van der Waals surface area contributed by atoms with Crippen molar-refractivity contribution in [2.45, 2.75) is 4.90 Å². The molecule has 5 heteroatoms. The van der Waals surface area contributed by atoms with Crippen LogP contribution >= 0.6 is 0 Å². The van der Waals surface area contributed by atoms with Crippen molar-refractivity contribution in [1.82, 2.24) is 4.31 Å². The van der Waals surface area contributed by atoms with E-state index in [0.29, 0.717) is 4.90 Å². The predicted octanol–water partition coefficient (Wildman–Crippen LogP) is 2.16. The average Bonchev–Trinajstić information content (AvgIpc) is 2.36. The molecule has 2 aromatic rings. The molecule has 0 atom stereocenters. The monoisotopic (exact) mass is 278 g/mol. The van der Waals surface area contributed by atoms with Crippen LogP contribution in [0.3, 0.4) is 0 Å². The van der Waals surface area contributed by atoms with Crippen LogP contribution in [0.15, 0.2) is 41.3 Å². The zero-order valence-electron chi connectivity index (χ0n) is 11.6. The van der Waals surface area contributed by atoms with E-state index in [1.807, 2.05) is 43.3 Å². The molecule has 0 aliphatic rings. The summed E-state index contributed by atoms with van der Waals surface area (Å²) in [5.74, 6) is 0. The highest BCUT2D eigenvalue weighted by molar-refractivity contribution is 7.89. The van der Waals surface area contributed by atoms with E-state index in [-0.39, 0.29) is 0 Å². The first-order chi connectivity index (χ1) is 8.84. The van der Waals surface area contributed by atoms with Crippen molar-refractivity contribution in [3.05, 3.63) is 36.4 Å². The van der Waals surface area contributed by atoms with Crippen LogP contribution in [-0.2, 0) is 10.0 Å². The molecule has 2 aromatic carbocycles. The fourth-order valence-corrected chi connectivity index (χ4v) is 2.94. The Balaban J connectivity index is 2.67. The molecule has 0 heterocycles. The third-order valence-electron chi connectivity index (χ3n) is 3.09. The van der Waals surface area contributed by atoms with Crippen LogP contribution in [-0.4, -0.2) is 40.9 Å². The molecule has 0 aromatic heterocycles. The van der Waals surface area contributed by atoms with Crippen LogP contribution in [0.5, 0.6) is 0 Å². The van der Waals surface area contributed by atoms with Gasteiger partial charge in [-0.15, -0.1) is 0 Å². The first kappa shape index (κ1) is 13.8. The molecule has 2 rings (SSSR count). The molecule has 19 heavy (non-hydrogen) atoms. The van der Waals surface area contributed by atoms with E-state index < -0.39 is 10.0 Å².